The number of hydrogen-bond acceptors (Lipinski definition) is 6. The third-order valence-corrected chi connectivity index (χ3v) is 8.06. The highest BCUT2D eigenvalue weighted by atomic mass is 79.9. The first-order chi connectivity index (χ1) is 19.0. The van der Waals surface area contributed by atoms with Crippen molar-refractivity contribution >= 4 is 50.5 Å². The number of carbonyl (C=O) groups is 1. The molecule has 6 nitrogen and oxygen atoms in total. The van der Waals surface area contributed by atoms with Crippen LogP contribution in [-0.4, -0.2) is 31.0 Å². The summed E-state index contributed by atoms with van der Waals surface area (Å²) in [6.07, 6.45) is 5.22. The molecule has 0 saturated carbocycles. The van der Waals surface area contributed by atoms with E-state index in [0.717, 1.165) is 62.9 Å². The second-order valence-electron chi connectivity index (χ2n) is 9.28. The first-order valence-corrected chi connectivity index (χ1v) is 14.6. The number of thioether (sulfide) groups is 1. The molecule has 0 saturated heterocycles. The minimum absolute atomic E-state index is 0.0824. The van der Waals surface area contributed by atoms with Crippen molar-refractivity contribution in [3.8, 4) is 11.5 Å². The first kappa shape index (κ1) is 27.1. The Morgan fingerprint density at radius 3 is 2.46 bits per heavy atom. The van der Waals surface area contributed by atoms with Crippen molar-refractivity contribution in [1.82, 2.24) is 5.32 Å². The van der Waals surface area contributed by atoms with E-state index < -0.39 is 0 Å². The Hall–Kier alpha value is -3.49. The van der Waals surface area contributed by atoms with E-state index in [1.807, 2.05) is 48.5 Å². The summed E-state index contributed by atoms with van der Waals surface area (Å²) in [4.78, 5) is 17.8. The van der Waals surface area contributed by atoms with Gasteiger partial charge >= 0.3 is 0 Å². The average molecular weight is 605 g/mol. The summed E-state index contributed by atoms with van der Waals surface area (Å²) in [5.74, 6) is 1.81. The van der Waals surface area contributed by atoms with Gasteiger partial charge in [-0.3, -0.25) is 4.79 Å². The number of allylic oxidation sites excluding steroid dienone is 1. The molecule has 1 aliphatic carbocycles. The molecule has 0 bridgehead atoms. The largest absolute Gasteiger partial charge is 0.497 e. The van der Waals surface area contributed by atoms with Crippen LogP contribution in [0.5, 0.6) is 11.5 Å². The molecule has 0 fully saturated rings. The lowest BCUT2D eigenvalue weighted by Gasteiger charge is -2.33. The Morgan fingerprint density at radius 1 is 1.05 bits per heavy atom. The number of amides is 1. The van der Waals surface area contributed by atoms with Gasteiger partial charge in [-0.1, -0.05) is 58.0 Å². The zero-order valence-corrected chi connectivity index (χ0v) is 24.3. The molecule has 2 aliphatic rings. The lowest BCUT2D eigenvalue weighted by Crippen LogP contribution is -2.32. The van der Waals surface area contributed by atoms with E-state index in [0.29, 0.717) is 0 Å². The second kappa shape index (κ2) is 12.6. The van der Waals surface area contributed by atoms with Crippen LogP contribution in [0.3, 0.4) is 0 Å². The topological polar surface area (TPSA) is 72.0 Å². The van der Waals surface area contributed by atoms with Gasteiger partial charge in [0.05, 0.1) is 20.0 Å². The predicted octanol–water partition coefficient (Wildman–Crippen LogP) is 7.36. The number of anilines is 1. The number of rotatable bonds is 7. The van der Waals surface area contributed by atoms with Gasteiger partial charge in [0.15, 0.2) is 5.17 Å². The van der Waals surface area contributed by atoms with E-state index in [1.165, 1.54) is 22.9 Å². The Bertz CT molecular complexity index is 1430. The third-order valence-electron chi connectivity index (χ3n) is 6.68. The molecule has 0 aromatic heterocycles. The number of methoxy groups -OCH3 is 2. The van der Waals surface area contributed by atoms with E-state index in [1.54, 1.807) is 14.2 Å². The monoisotopic (exact) mass is 603 g/mol. The fourth-order valence-corrected chi connectivity index (χ4v) is 5.87. The van der Waals surface area contributed by atoms with Gasteiger partial charge in [-0.25, -0.2) is 4.99 Å². The molecule has 1 amide bonds. The van der Waals surface area contributed by atoms with Crippen molar-refractivity contribution in [3.05, 3.63) is 105 Å². The summed E-state index contributed by atoms with van der Waals surface area (Å²) < 4.78 is 11.6. The summed E-state index contributed by atoms with van der Waals surface area (Å²) in [5, 5.41) is 7.29. The Kier molecular flexibility index (Phi) is 8.74. The van der Waals surface area contributed by atoms with Gasteiger partial charge in [0.1, 0.15) is 17.5 Å². The Labute approximate surface area is 241 Å². The molecule has 8 heteroatoms. The molecule has 5 rings (SSSR count). The fourth-order valence-electron chi connectivity index (χ4n) is 4.77. The fraction of sp³-hybridized carbons (Fsp3) is 0.226. The molecular weight excluding hydrogens is 574 g/mol. The van der Waals surface area contributed by atoms with Gasteiger partial charge in [-0.15, -0.1) is 0 Å². The van der Waals surface area contributed by atoms with Crippen molar-refractivity contribution in [3.63, 3.8) is 0 Å². The van der Waals surface area contributed by atoms with Crippen LogP contribution in [0.15, 0.2) is 99.1 Å². The van der Waals surface area contributed by atoms with Crippen LogP contribution in [0.1, 0.15) is 36.4 Å². The maximum absolute atomic E-state index is 12.8. The lowest BCUT2D eigenvalue weighted by molar-refractivity contribution is -0.113. The van der Waals surface area contributed by atoms with Crippen molar-refractivity contribution in [2.45, 2.75) is 25.3 Å². The van der Waals surface area contributed by atoms with Gasteiger partial charge in [0.25, 0.3) is 0 Å². The number of aliphatic imine (C=N–C) groups is 1. The van der Waals surface area contributed by atoms with Crippen LogP contribution in [0.25, 0.3) is 6.08 Å². The molecule has 0 radical (unpaired) electrons. The Balaban J connectivity index is 1.41. The number of hydrogen-bond donors (Lipinski definition) is 2. The molecule has 0 unspecified atom stereocenters. The number of nitrogens with zero attached hydrogens (tertiary/aromatic N) is 1. The molecule has 200 valence electrons. The van der Waals surface area contributed by atoms with Crippen molar-refractivity contribution in [2.75, 3.05) is 25.3 Å². The van der Waals surface area contributed by atoms with Crippen LogP contribution < -0.4 is 20.1 Å². The standard InChI is InChI=1S/C31H30BrN3O3S/c1-37-25-13-9-20(10-14-25)17-22-5-3-8-27-29(21-11-15-26(38-2)16-12-21)34-31(35-30(22)27)39-19-28(36)33-24-7-4-6-23(32)18-24/h4,6-7,9-18,29H,3,5,8,19H2,1-2H3,(H,33,36)(H,34,35)/b22-17-/t29-/m1/s1. The van der Waals surface area contributed by atoms with Crippen LogP contribution >= 0.6 is 27.7 Å². The lowest BCUT2D eigenvalue weighted by atomic mass is 9.84. The van der Waals surface area contributed by atoms with Crippen molar-refractivity contribution in [2.24, 2.45) is 4.99 Å². The summed E-state index contributed by atoms with van der Waals surface area (Å²) in [5.41, 5.74) is 6.61. The van der Waals surface area contributed by atoms with Gasteiger partial charge in [0.2, 0.25) is 5.91 Å². The quantitative estimate of drug-likeness (QED) is 0.295. The Morgan fingerprint density at radius 2 is 1.77 bits per heavy atom. The highest BCUT2D eigenvalue weighted by Crippen LogP contribution is 2.42. The third kappa shape index (κ3) is 6.75. The SMILES string of the molecule is COc1ccc(/C=C2/CCCC3=C2NC(SCC(=O)Nc2cccc(Br)c2)=N[C@@H]3c2ccc(OC)cc2)cc1. The molecule has 3 aromatic rings. The van der Waals surface area contributed by atoms with E-state index in [4.69, 9.17) is 14.5 Å². The highest BCUT2D eigenvalue weighted by Gasteiger charge is 2.30. The van der Waals surface area contributed by atoms with Crippen LogP contribution in [0, 0.1) is 0 Å². The smallest absolute Gasteiger partial charge is 0.234 e. The molecule has 1 aliphatic heterocycles. The molecule has 2 N–H and O–H groups in total. The van der Waals surface area contributed by atoms with Crippen molar-refractivity contribution in [1.29, 1.82) is 0 Å². The van der Waals surface area contributed by atoms with Gasteiger partial charge in [-0.2, -0.15) is 0 Å². The van der Waals surface area contributed by atoms with Gasteiger partial charge in [0, 0.05) is 15.9 Å². The van der Waals surface area contributed by atoms with Gasteiger partial charge < -0.3 is 20.1 Å². The summed E-state index contributed by atoms with van der Waals surface area (Å²) in [6.45, 7) is 0. The van der Waals surface area contributed by atoms with E-state index >= 15 is 0 Å². The zero-order chi connectivity index (χ0) is 27.2. The molecule has 1 heterocycles. The predicted molar refractivity (Wildman–Crippen MR) is 163 cm³/mol. The first-order valence-electron chi connectivity index (χ1n) is 12.8. The average Bonchev–Trinajstić information content (AvgIpc) is 2.96. The van der Waals surface area contributed by atoms with Crippen LogP contribution in [0.4, 0.5) is 5.69 Å². The number of benzene rings is 3. The molecule has 39 heavy (non-hydrogen) atoms. The second-order valence-corrected chi connectivity index (χ2v) is 11.2. The molecular formula is C31H30BrN3O3S. The summed E-state index contributed by atoms with van der Waals surface area (Å²) in [6, 6.07) is 23.7. The van der Waals surface area contributed by atoms with Gasteiger partial charge in [-0.05, 0) is 90.1 Å². The van der Waals surface area contributed by atoms with Crippen LogP contribution in [0.2, 0.25) is 0 Å². The number of ether oxygens (including phenoxy) is 2. The minimum Gasteiger partial charge on any atom is -0.497 e. The molecule has 3 aromatic carbocycles. The molecule has 1 atom stereocenters. The van der Waals surface area contributed by atoms with E-state index in [9.17, 15) is 4.79 Å². The highest BCUT2D eigenvalue weighted by molar-refractivity contribution is 9.10. The van der Waals surface area contributed by atoms with E-state index in [-0.39, 0.29) is 17.7 Å². The van der Waals surface area contributed by atoms with Crippen LogP contribution in [-0.2, 0) is 4.79 Å². The number of nitrogens with one attached hydrogen (secondary N) is 2. The van der Waals surface area contributed by atoms with Crippen molar-refractivity contribution < 1.29 is 14.3 Å². The maximum Gasteiger partial charge on any atom is 0.234 e. The number of amidine groups is 1. The summed E-state index contributed by atoms with van der Waals surface area (Å²) >= 11 is 4.87. The zero-order valence-electron chi connectivity index (χ0n) is 21.9. The maximum atomic E-state index is 12.8. The van der Waals surface area contributed by atoms with E-state index in [2.05, 4.69) is 56.9 Å². The number of carbonyl (C=O) groups excluding carboxylic acids is 1. The summed E-state index contributed by atoms with van der Waals surface area (Å²) in [7, 11) is 3.35. The number of halogens is 1. The molecule has 0 spiro atoms. The normalized spacial score (nSPS) is 17.7. The minimum atomic E-state index is -0.123.